The molecule has 40 heavy (non-hydrogen) atoms. The van der Waals surface area contributed by atoms with Crippen molar-refractivity contribution < 1.29 is 33.3 Å². The number of rotatable bonds is 12. The van der Waals surface area contributed by atoms with Gasteiger partial charge in [-0.05, 0) is 36.1 Å². The summed E-state index contributed by atoms with van der Waals surface area (Å²) in [4.78, 5) is 39.0. The van der Waals surface area contributed by atoms with E-state index in [9.17, 15) is 14.4 Å². The van der Waals surface area contributed by atoms with Crippen LogP contribution in [0.4, 0.5) is 0 Å². The second-order valence-corrected chi connectivity index (χ2v) is 9.64. The first-order valence-corrected chi connectivity index (χ1v) is 13.3. The molecule has 2 aromatic rings. The lowest BCUT2D eigenvalue weighted by atomic mass is 9.78. The Kier molecular flexibility index (Phi) is 11.6. The van der Waals surface area contributed by atoms with Crippen LogP contribution in [0.2, 0.25) is 10.0 Å². The van der Waals surface area contributed by atoms with Gasteiger partial charge in [-0.25, -0.2) is 9.59 Å². The van der Waals surface area contributed by atoms with E-state index >= 15 is 0 Å². The lowest BCUT2D eigenvalue weighted by molar-refractivity contribution is -0.139. The Morgan fingerprint density at radius 1 is 0.825 bits per heavy atom. The van der Waals surface area contributed by atoms with Gasteiger partial charge >= 0.3 is 17.9 Å². The molecule has 0 saturated heterocycles. The van der Waals surface area contributed by atoms with Crippen molar-refractivity contribution in [2.75, 3.05) is 34.5 Å². The number of benzene rings is 2. The topological polar surface area (TPSA) is 126 Å². The minimum Gasteiger partial charge on any atom is -0.469 e. The van der Waals surface area contributed by atoms with Gasteiger partial charge in [0.2, 0.25) is 0 Å². The zero-order valence-corrected chi connectivity index (χ0v) is 24.1. The lowest BCUT2D eigenvalue weighted by Gasteiger charge is -2.33. The van der Waals surface area contributed by atoms with E-state index in [1.807, 2.05) is 24.3 Å². The molecule has 0 radical (unpaired) electrons. The summed E-state index contributed by atoms with van der Waals surface area (Å²) >= 11 is 13.2. The van der Waals surface area contributed by atoms with Gasteiger partial charge in [-0.2, -0.15) is 0 Å². The van der Waals surface area contributed by atoms with E-state index in [0.717, 1.165) is 11.1 Å². The molecule has 11 heteroatoms. The van der Waals surface area contributed by atoms with Crippen LogP contribution in [-0.2, 0) is 46.4 Å². The molecule has 1 aliphatic rings. The van der Waals surface area contributed by atoms with Crippen LogP contribution in [0, 0.1) is 0 Å². The first kappa shape index (κ1) is 31.2. The molecule has 0 bridgehead atoms. The second-order valence-electron chi connectivity index (χ2n) is 8.82. The van der Waals surface area contributed by atoms with Gasteiger partial charge in [-0.1, -0.05) is 53.5 Å². The standard InChI is InChI=1S/C29H32Cl2N2O7/c1-37-23(34)15-22-26(29(36)39-3)27(24-19(30)9-6-10-20(24)31)25(28(35)38-2)21(33-22)12-11-17-7-4-5-8-18(17)16-40-14-13-32/h4-10,27,33H,11-16,32H2,1-3H3. The molecule has 2 aromatic carbocycles. The molecule has 0 saturated carbocycles. The molecular formula is C29H32Cl2N2O7. The van der Waals surface area contributed by atoms with Gasteiger partial charge in [0, 0.05) is 33.5 Å². The van der Waals surface area contributed by atoms with Gasteiger partial charge in [0.15, 0.2) is 0 Å². The molecule has 0 spiro atoms. The van der Waals surface area contributed by atoms with Crippen LogP contribution in [0.25, 0.3) is 0 Å². The van der Waals surface area contributed by atoms with E-state index in [0.29, 0.717) is 43.9 Å². The average Bonchev–Trinajstić information content (AvgIpc) is 2.95. The third kappa shape index (κ3) is 7.22. The summed E-state index contributed by atoms with van der Waals surface area (Å²) in [5.41, 5.74) is 8.60. The number of carbonyl (C=O) groups excluding carboxylic acids is 3. The number of nitrogens with two attached hydrogens (primary N) is 1. The molecule has 1 heterocycles. The average molecular weight is 591 g/mol. The summed E-state index contributed by atoms with van der Waals surface area (Å²) in [7, 11) is 3.69. The molecule has 0 fully saturated rings. The van der Waals surface area contributed by atoms with Crippen molar-refractivity contribution in [3.05, 3.63) is 91.7 Å². The number of hydrogen-bond acceptors (Lipinski definition) is 9. The summed E-state index contributed by atoms with van der Waals surface area (Å²) in [6.45, 7) is 1.21. The van der Waals surface area contributed by atoms with E-state index in [-0.39, 0.29) is 33.3 Å². The third-order valence-electron chi connectivity index (χ3n) is 6.46. The quantitative estimate of drug-likeness (QED) is 0.212. The fraction of sp³-hybridized carbons (Fsp3) is 0.345. The molecule has 214 valence electrons. The number of carbonyl (C=O) groups is 3. The Bertz CT molecular complexity index is 1300. The molecule has 3 rings (SSSR count). The van der Waals surface area contributed by atoms with Crippen molar-refractivity contribution in [2.24, 2.45) is 5.73 Å². The van der Waals surface area contributed by atoms with Gasteiger partial charge in [0.05, 0.1) is 58.0 Å². The van der Waals surface area contributed by atoms with Crippen molar-refractivity contribution in [2.45, 2.75) is 31.8 Å². The monoisotopic (exact) mass is 590 g/mol. The molecular weight excluding hydrogens is 559 g/mol. The smallest absolute Gasteiger partial charge is 0.336 e. The van der Waals surface area contributed by atoms with Gasteiger partial charge in [-0.15, -0.1) is 0 Å². The van der Waals surface area contributed by atoms with Crippen LogP contribution in [0.15, 0.2) is 65.0 Å². The number of aryl methyl sites for hydroxylation is 1. The number of dihydropyridines is 1. The van der Waals surface area contributed by atoms with Gasteiger partial charge in [-0.3, -0.25) is 4.79 Å². The van der Waals surface area contributed by atoms with E-state index in [2.05, 4.69) is 5.32 Å². The molecule has 0 aromatic heterocycles. The first-order chi connectivity index (χ1) is 19.3. The minimum absolute atomic E-state index is 0.00244. The van der Waals surface area contributed by atoms with Crippen LogP contribution >= 0.6 is 23.2 Å². The van der Waals surface area contributed by atoms with Gasteiger partial charge in [0.25, 0.3) is 0 Å². The molecule has 9 nitrogen and oxygen atoms in total. The Balaban J connectivity index is 2.19. The summed E-state index contributed by atoms with van der Waals surface area (Å²) in [5, 5.41) is 3.60. The predicted molar refractivity (Wildman–Crippen MR) is 151 cm³/mol. The highest BCUT2D eigenvalue weighted by molar-refractivity contribution is 6.36. The Morgan fingerprint density at radius 3 is 2.00 bits per heavy atom. The molecule has 1 unspecified atom stereocenters. The molecule has 3 N–H and O–H groups in total. The number of allylic oxidation sites excluding steroid dienone is 1. The fourth-order valence-corrected chi connectivity index (χ4v) is 5.22. The number of esters is 3. The Morgan fingerprint density at radius 2 is 1.43 bits per heavy atom. The van der Waals surface area contributed by atoms with E-state index in [4.69, 9.17) is 47.9 Å². The summed E-state index contributed by atoms with van der Waals surface area (Å²) in [5.74, 6) is -3.15. The Labute approximate surface area is 243 Å². The maximum atomic E-state index is 13.4. The number of hydrogen-bond donors (Lipinski definition) is 2. The van der Waals surface area contributed by atoms with Crippen LogP contribution < -0.4 is 11.1 Å². The predicted octanol–water partition coefficient (Wildman–Crippen LogP) is 4.21. The van der Waals surface area contributed by atoms with Crippen molar-refractivity contribution in [3.63, 3.8) is 0 Å². The summed E-state index contributed by atoms with van der Waals surface area (Å²) in [6, 6.07) is 12.6. The van der Waals surface area contributed by atoms with Gasteiger partial charge in [0.1, 0.15) is 0 Å². The maximum absolute atomic E-state index is 13.4. The largest absolute Gasteiger partial charge is 0.469 e. The number of halogens is 2. The zero-order valence-electron chi connectivity index (χ0n) is 22.6. The van der Waals surface area contributed by atoms with E-state index < -0.39 is 23.8 Å². The first-order valence-electron chi connectivity index (χ1n) is 12.5. The normalized spacial score (nSPS) is 15.0. The zero-order chi connectivity index (χ0) is 29.2. The highest BCUT2D eigenvalue weighted by Crippen LogP contribution is 2.45. The molecule has 0 aliphatic carbocycles. The SMILES string of the molecule is COC(=O)CC1=C(C(=O)OC)C(c2c(Cl)cccc2Cl)C(C(=O)OC)=C(CCc2ccccc2COCCN)N1. The third-order valence-corrected chi connectivity index (χ3v) is 7.12. The Hall–Kier alpha value is -3.37. The maximum Gasteiger partial charge on any atom is 0.336 e. The minimum atomic E-state index is -1.08. The highest BCUT2D eigenvalue weighted by atomic mass is 35.5. The molecule has 1 aliphatic heterocycles. The second kappa shape index (κ2) is 14.9. The molecule has 0 amide bonds. The lowest BCUT2D eigenvalue weighted by Crippen LogP contribution is -2.35. The van der Waals surface area contributed by atoms with Crippen LogP contribution in [-0.4, -0.2) is 52.4 Å². The van der Waals surface area contributed by atoms with Crippen molar-refractivity contribution in [1.82, 2.24) is 5.32 Å². The van der Waals surface area contributed by atoms with Crippen molar-refractivity contribution >= 4 is 41.1 Å². The number of nitrogens with one attached hydrogen (secondary N) is 1. The van der Waals surface area contributed by atoms with Crippen LogP contribution in [0.3, 0.4) is 0 Å². The van der Waals surface area contributed by atoms with Crippen LogP contribution in [0.5, 0.6) is 0 Å². The van der Waals surface area contributed by atoms with Gasteiger partial charge < -0.3 is 30.0 Å². The van der Waals surface area contributed by atoms with E-state index in [1.54, 1.807) is 18.2 Å². The summed E-state index contributed by atoms with van der Waals surface area (Å²) < 4.78 is 20.8. The number of methoxy groups -OCH3 is 3. The number of ether oxygens (including phenoxy) is 4. The highest BCUT2D eigenvalue weighted by Gasteiger charge is 2.41. The van der Waals surface area contributed by atoms with E-state index in [1.165, 1.54) is 21.3 Å². The fourth-order valence-electron chi connectivity index (χ4n) is 4.61. The van der Waals surface area contributed by atoms with Crippen LogP contribution in [0.1, 0.15) is 35.4 Å². The van der Waals surface area contributed by atoms with Crippen molar-refractivity contribution in [1.29, 1.82) is 0 Å². The van der Waals surface area contributed by atoms with Crippen molar-refractivity contribution in [3.8, 4) is 0 Å². The summed E-state index contributed by atoms with van der Waals surface area (Å²) in [6.07, 6.45) is 0.518. The molecule has 1 atom stereocenters.